The summed E-state index contributed by atoms with van der Waals surface area (Å²) < 4.78 is 0. The van der Waals surface area contributed by atoms with E-state index in [1.807, 2.05) is 24.2 Å². The van der Waals surface area contributed by atoms with Crippen molar-refractivity contribution in [2.45, 2.75) is 19.9 Å². The second-order valence-corrected chi connectivity index (χ2v) is 6.94. The minimum absolute atomic E-state index is 0.0922. The Labute approximate surface area is 137 Å². The maximum atomic E-state index is 12.1. The molecule has 2 aliphatic heterocycles. The number of rotatable bonds is 2. The Hall–Kier alpha value is -1.95. The van der Waals surface area contributed by atoms with Crippen molar-refractivity contribution in [1.82, 2.24) is 19.7 Å². The van der Waals surface area contributed by atoms with E-state index in [9.17, 15) is 9.59 Å². The molecule has 6 nitrogen and oxygen atoms in total. The second kappa shape index (κ2) is 6.28. The zero-order valence-electron chi connectivity index (χ0n) is 13.9. The molecular formula is C17H24N4O2. The summed E-state index contributed by atoms with van der Waals surface area (Å²) in [6.07, 6.45) is 4.18. The molecular weight excluding hydrogens is 292 g/mol. The van der Waals surface area contributed by atoms with Crippen molar-refractivity contribution in [2.75, 3.05) is 39.8 Å². The van der Waals surface area contributed by atoms with Gasteiger partial charge >= 0.3 is 0 Å². The molecule has 1 aromatic heterocycles. The number of aromatic nitrogens is 1. The predicted octanol–water partition coefficient (Wildman–Crippen LogP) is 0.594. The highest BCUT2D eigenvalue weighted by Crippen LogP contribution is 2.34. The molecule has 124 valence electrons. The van der Waals surface area contributed by atoms with Gasteiger partial charge in [0.2, 0.25) is 11.8 Å². The Bertz CT molecular complexity index is 592. The van der Waals surface area contributed by atoms with Crippen LogP contribution >= 0.6 is 0 Å². The first-order chi connectivity index (χ1) is 11.0. The van der Waals surface area contributed by atoms with Gasteiger partial charge in [0, 0.05) is 77.5 Å². The fraction of sp³-hybridized carbons (Fsp3) is 0.588. The molecule has 3 heterocycles. The Balaban J connectivity index is 1.80. The molecule has 1 spiro atoms. The summed E-state index contributed by atoms with van der Waals surface area (Å²) >= 11 is 0. The number of hydrogen-bond donors (Lipinski definition) is 0. The van der Waals surface area contributed by atoms with Gasteiger partial charge in [0.05, 0.1) is 0 Å². The van der Waals surface area contributed by atoms with Crippen LogP contribution in [-0.4, -0.2) is 71.3 Å². The van der Waals surface area contributed by atoms with Gasteiger partial charge in [-0.15, -0.1) is 0 Å². The highest BCUT2D eigenvalue weighted by atomic mass is 16.2. The number of nitrogens with zero attached hydrogens (tertiary/aromatic N) is 4. The van der Waals surface area contributed by atoms with Crippen LogP contribution in [0.1, 0.15) is 18.9 Å². The Kier molecular flexibility index (Phi) is 4.35. The third kappa shape index (κ3) is 3.52. The van der Waals surface area contributed by atoms with Crippen LogP contribution in [0.4, 0.5) is 0 Å². The average Bonchev–Trinajstić information content (AvgIpc) is 2.68. The van der Waals surface area contributed by atoms with Crippen LogP contribution in [0.5, 0.6) is 0 Å². The lowest BCUT2D eigenvalue weighted by molar-refractivity contribution is -0.130. The van der Waals surface area contributed by atoms with Gasteiger partial charge in [-0.25, -0.2) is 0 Å². The quantitative estimate of drug-likeness (QED) is 0.801. The molecule has 0 N–H and O–H groups in total. The largest absolute Gasteiger partial charge is 0.345 e. The Morgan fingerprint density at radius 2 is 2.13 bits per heavy atom. The van der Waals surface area contributed by atoms with Crippen molar-refractivity contribution in [3.63, 3.8) is 0 Å². The molecule has 1 atom stereocenters. The molecule has 0 aliphatic carbocycles. The summed E-state index contributed by atoms with van der Waals surface area (Å²) in [5, 5.41) is 0. The molecule has 1 unspecified atom stereocenters. The van der Waals surface area contributed by atoms with Crippen molar-refractivity contribution < 1.29 is 9.59 Å². The molecule has 6 heteroatoms. The molecule has 23 heavy (non-hydrogen) atoms. The van der Waals surface area contributed by atoms with Crippen LogP contribution in [0.15, 0.2) is 24.5 Å². The van der Waals surface area contributed by atoms with E-state index >= 15 is 0 Å². The lowest BCUT2D eigenvalue weighted by atomic mass is 9.86. The van der Waals surface area contributed by atoms with E-state index in [0.29, 0.717) is 13.0 Å². The third-order valence-electron chi connectivity index (χ3n) is 4.87. The zero-order chi connectivity index (χ0) is 16.4. The van der Waals surface area contributed by atoms with Gasteiger partial charge in [0.25, 0.3) is 0 Å². The SMILES string of the molecule is CC(=O)N1CCN(Cc2cccnc2)CC2(CC(=O)N(C)C2)C1. The normalized spacial score (nSPS) is 25.9. The summed E-state index contributed by atoms with van der Waals surface area (Å²) in [4.78, 5) is 34.2. The molecule has 2 amide bonds. The fourth-order valence-corrected chi connectivity index (χ4v) is 3.82. The summed E-state index contributed by atoms with van der Waals surface area (Å²) in [7, 11) is 1.85. The summed E-state index contributed by atoms with van der Waals surface area (Å²) in [6.45, 7) is 6.19. The molecule has 0 bridgehead atoms. The maximum Gasteiger partial charge on any atom is 0.223 e. The van der Waals surface area contributed by atoms with Crippen molar-refractivity contribution in [1.29, 1.82) is 0 Å². The summed E-state index contributed by atoms with van der Waals surface area (Å²) in [5.74, 6) is 0.270. The lowest BCUT2D eigenvalue weighted by Crippen LogP contribution is -2.43. The molecule has 2 fully saturated rings. The first kappa shape index (κ1) is 15.9. The number of likely N-dealkylation sites (tertiary alicyclic amines) is 1. The molecule has 0 aromatic carbocycles. The van der Waals surface area contributed by atoms with Crippen molar-refractivity contribution >= 4 is 11.8 Å². The van der Waals surface area contributed by atoms with E-state index in [1.165, 1.54) is 0 Å². The summed E-state index contributed by atoms with van der Waals surface area (Å²) in [5.41, 5.74) is 1.01. The average molecular weight is 316 g/mol. The van der Waals surface area contributed by atoms with Gasteiger partial charge in [-0.1, -0.05) is 6.07 Å². The topological polar surface area (TPSA) is 56.8 Å². The monoisotopic (exact) mass is 316 g/mol. The van der Waals surface area contributed by atoms with Crippen LogP contribution < -0.4 is 0 Å². The molecule has 0 radical (unpaired) electrons. The first-order valence-corrected chi connectivity index (χ1v) is 8.08. The van der Waals surface area contributed by atoms with Gasteiger partial charge in [0.1, 0.15) is 0 Å². The Morgan fingerprint density at radius 3 is 2.74 bits per heavy atom. The van der Waals surface area contributed by atoms with Gasteiger partial charge in [0.15, 0.2) is 0 Å². The van der Waals surface area contributed by atoms with E-state index in [1.54, 1.807) is 18.0 Å². The minimum Gasteiger partial charge on any atom is -0.345 e. The molecule has 2 saturated heterocycles. The van der Waals surface area contributed by atoms with E-state index in [2.05, 4.69) is 16.0 Å². The van der Waals surface area contributed by atoms with Gasteiger partial charge in [-0.2, -0.15) is 0 Å². The van der Waals surface area contributed by atoms with Crippen LogP contribution in [0.2, 0.25) is 0 Å². The van der Waals surface area contributed by atoms with E-state index < -0.39 is 0 Å². The predicted molar refractivity (Wildman–Crippen MR) is 86.5 cm³/mol. The smallest absolute Gasteiger partial charge is 0.223 e. The lowest BCUT2D eigenvalue weighted by Gasteiger charge is -2.33. The van der Waals surface area contributed by atoms with E-state index in [-0.39, 0.29) is 17.2 Å². The number of hydrogen-bond acceptors (Lipinski definition) is 4. The van der Waals surface area contributed by atoms with Crippen LogP contribution in [-0.2, 0) is 16.1 Å². The van der Waals surface area contributed by atoms with Crippen molar-refractivity contribution in [2.24, 2.45) is 5.41 Å². The van der Waals surface area contributed by atoms with Crippen LogP contribution in [0.25, 0.3) is 0 Å². The summed E-state index contributed by atoms with van der Waals surface area (Å²) in [6, 6.07) is 4.01. The van der Waals surface area contributed by atoms with E-state index in [0.717, 1.165) is 38.3 Å². The molecule has 3 rings (SSSR count). The number of pyridine rings is 1. The third-order valence-corrected chi connectivity index (χ3v) is 4.87. The highest BCUT2D eigenvalue weighted by molar-refractivity contribution is 5.79. The molecule has 1 aromatic rings. The van der Waals surface area contributed by atoms with Crippen molar-refractivity contribution in [3.05, 3.63) is 30.1 Å². The maximum absolute atomic E-state index is 12.1. The Morgan fingerprint density at radius 1 is 1.30 bits per heavy atom. The van der Waals surface area contributed by atoms with Gasteiger partial charge in [-0.3, -0.25) is 19.5 Å². The van der Waals surface area contributed by atoms with Crippen LogP contribution in [0.3, 0.4) is 0 Å². The number of carbonyl (C=O) groups is 2. The first-order valence-electron chi connectivity index (χ1n) is 8.08. The molecule has 2 aliphatic rings. The number of carbonyl (C=O) groups excluding carboxylic acids is 2. The number of amides is 2. The second-order valence-electron chi connectivity index (χ2n) is 6.94. The van der Waals surface area contributed by atoms with Gasteiger partial charge < -0.3 is 9.80 Å². The zero-order valence-corrected chi connectivity index (χ0v) is 13.9. The standard InChI is InChI=1S/C17H24N4O2/c1-14(22)21-7-6-20(10-15-4-3-5-18-9-15)12-17(13-21)8-16(23)19(2)11-17/h3-5,9H,6-8,10-13H2,1-2H3. The fourth-order valence-electron chi connectivity index (χ4n) is 3.82. The van der Waals surface area contributed by atoms with Crippen molar-refractivity contribution in [3.8, 4) is 0 Å². The molecule has 0 saturated carbocycles. The van der Waals surface area contributed by atoms with E-state index in [4.69, 9.17) is 0 Å². The van der Waals surface area contributed by atoms with Crippen LogP contribution in [0, 0.1) is 5.41 Å². The van der Waals surface area contributed by atoms with Gasteiger partial charge in [-0.05, 0) is 11.6 Å². The highest BCUT2D eigenvalue weighted by Gasteiger charge is 2.45. The minimum atomic E-state index is -0.157.